The second-order valence-electron chi connectivity index (χ2n) is 7.53. The van der Waals surface area contributed by atoms with E-state index in [2.05, 4.69) is 10.4 Å². The molecule has 1 aromatic carbocycles. The molecule has 170 valence electrons. The Morgan fingerprint density at radius 2 is 2.00 bits per heavy atom. The fourth-order valence-corrected chi connectivity index (χ4v) is 3.45. The second kappa shape index (κ2) is 9.03. The average Bonchev–Trinajstić information content (AvgIpc) is 3.32. The summed E-state index contributed by atoms with van der Waals surface area (Å²) < 4.78 is 13.1. The predicted molar refractivity (Wildman–Crippen MR) is 120 cm³/mol. The van der Waals surface area contributed by atoms with Gasteiger partial charge in [0.25, 0.3) is 0 Å². The number of methoxy groups -OCH3 is 1. The zero-order valence-electron chi connectivity index (χ0n) is 18.4. The summed E-state index contributed by atoms with van der Waals surface area (Å²) in [6.07, 6.45) is 1.67. The first-order valence-electron chi connectivity index (χ1n) is 10.2. The van der Waals surface area contributed by atoms with Crippen molar-refractivity contribution in [1.82, 2.24) is 19.1 Å². The number of hydrogen-bond donors (Lipinski definition) is 1. The molecule has 0 bridgehead atoms. The Balaban J connectivity index is 1.43. The van der Waals surface area contributed by atoms with Crippen molar-refractivity contribution in [1.29, 1.82) is 0 Å². The molecule has 2 amide bonds. The summed E-state index contributed by atoms with van der Waals surface area (Å²) in [5.41, 5.74) is 2.05. The highest BCUT2D eigenvalue weighted by atomic mass is 16.5. The fraction of sp³-hybridized carbons (Fsp3) is 0.217. The molecule has 0 saturated carbocycles. The molecule has 0 aliphatic carbocycles. The molecule has 0 aliphatic rings. The van der Waals surface area contributed by atoms with E-state index in [1.54, 1.807) is 56.6 Å². The Labute approximate surface area is 189 Å². The molecule has 4 rings (SSSR count). The summed E-state index contributed by atoms with van der Waals surface area (Å²) in [5, 5.41) is 7.15. The van der Waals surface area contributed by atoms with Crippen molar-refractivity contribution in [2.75, 3.05) is 19.5 Å². The van der Waals surface area contributed by atoms with Crippen LogP contribution < -0.4 is 11.0 Å². The van der Waals surface area contributed by atoms with Crippen LogP contribution in [-0.4, -0.2) is 45.2 Å². The van der Waals surface area contributed by atoms with Crippen LogP contribution in [0, 0.1) is 6.92 Å². The number of carbonyl (C=O) groups excluding carboxylic acids is 2. The maximum Gasteiger partial charge on any atom is 0.350 e. The number of ether oxygens (including phenoxy) is 1. The molecule has 0 saturated heterocycles. The highest BCUT2D eigenvalue weighted by Gasteiger charge is 2.18. The minimum atomic E-state index is -0.490. The van der Waals surface area contributed by atoms with Gasteiger partial charge in [0.1, 0.15) is 17.1 Å². The zero-order chi connectivity index (χ0) is 23.5. The largest absolute Gasteiger partial charge is 0.465 e. The number of rotatable bonds is 6. The summed E-state index contributed by atoms with van der Waals surface area (Å²) in [5.74, 6) is 0.405. The predicted octanol–water partition coefficient (Wildman–Crippen LogP) is 2.90. The van der Waals surface area contributed by atoms with E-state index in [0.29, 0.717) is 28.4 Å². The van der Waals surface area contributed by atoms with E-state index in [1.165, 1.54) is 21.1 Å². The standard InChI is InChI=1S/C23H23N5O5/c1-15-19(21(29)32-3)12-18(33-15)14-26(2)22(30)24-17-8-6-7-16(11-17)13-28-23(31)27-10-5-4-9-20(27)25-28/h4-12H,13-14H2,1-3H3,(H,24,30). The molecule has 1 N–H and O–H groups in total. The van der Waals surface area contributed by atoms with Gasteiger partial charge in [-0.2, -0.15) is 0 Å². The molecule has 0 radical (unpaired) electrons. The number of furan rings is 1. The first-order chi connectivity index (χ1) is 15.9. The summed E-state index contributed by atoms with van der Waals surface area (Å²) >= 11 is 0. The third-order valence-corrected chi connectivity index (χ3v) is 5.11. The van der Waals surface area contributed by atoms with E-state index in [4.69, 9.17) is 9.15 Å². The van der Waals surface area contributed by atoms with Gasteiger partial charge < -0.3 is 19.4 Å². The van der Waals surface area contributed by atoms with Crippen molar-refractivity contribution >= 4 is 23.3 Å². The molecule has 0 fully saturated rings. The number of fused-ring (bicyclic) bond motifs is 1. The van der Waals surface area contributed by atoms with E-state index in [9.17, 15) is 14.4 Å². The van der Waals surface area contributed by atoms with Gasteiger partial charge in [0, 0.05) is 18.9 Å². The number of nitrogens with zero attached hydrogens (tertiary/aromatic N) is 4. The van der Waals surface area contributed by atoms with Gasteiger partial charge in [-0.25, -0.2) is 19.1 Å². The second-order valence-corrected chi connectivity index (χ2v) is 7.53. The Kier molecular flexibility index (Phi) is 5.99. The van der Waals surface area contributed by atoms with Crippen LogP contribution in [-0.2, 0) is 17.8 Å². The summed E-state index contributed by atoms with van der Waals surface area (Å²) in [6.45, 7) is 2.10. The van der Waals surface area contributed by atoms with Gasteiger partial charge in [-0.15, -0.1) is 5.10 Å². The van der Waals surface area contributed by atoms with Gasteiger partial charge in [0.2, 0.25) is 0 Å². The lowest BCUT2D eigenvalue weighted by atomic mass is 10.2. The monoisotopic (exact) mass is 449 g/mol. The van der Waals surface area contributed by atoms with Crippen LogP contribution >= 0.6 is 0 Å². The van der Waals surface area contributed by atoms with Gasteiger partial charge in [-0.3, -0.25) is 4.40 Å². The number of amides is 2. The Bertz CT molecular complexity index is 1380. The SMILES string of the molecule is COC(=O)c1cc(CN(C)C(=O)Nc2cccc(Cn3nc4ccccn4c3=O)c2)oc1C. The molecular weight excluding hydrogens is 426 g/mol. The van der Waals surface area contributed by atoms with Crippen molar-refractivity contribution in [2.45, 2.75) is 20.0 Å². The normalized spacial score (nSPS) is 10.9. The Morgan fingerprint density at radius 3 is 2.76 bits per heavy atom. The molecular formula is C23H23N5O5. The maximum absolute atomic E-state index is 12.7. The minimum absolute atomic E-state index is 0.167. The smallest absolute Gasteiger partial charge is 0.350 e. The van der Waals surface area contributed by atoms with Gasteiger partial charge in [-0.05, 0) is 42.8 Å². The van der Waals surface area contributed by atoms with Crippen LogP contribution in [0.4, 0.5) is 10.5 Å². The highest BCUT2D eigenvalue weighted by molar-refractivity contribution is 5.91. The van der Waals surface area contributed by atoms with Gasteiger partial charge in [-0.1, -0.05) is 18.2 Å². The molecule has 0 unspecified atom stereocenters. The molecule has 4 aromatic rings. The van der Waals surface area contributed by atoms with E-state index < -0.39 is 5.97 Å². The molecule has 0 spiro atoms. The molecule has 10 nitrogen and oxygen atoms in total. The number of aryl methyl sites for hydroxylation is 1. The van der Waals surface area contributed by atoms with Gasteiger partial charge in [0.15, 0.2) is 5.65 Å². The van der Waals surface area contributed by atoms with E-state index in [0.717, 1.165) is 5.56 Å². The van der Waals surface area contributed by atoms with Crippen LogP contribution in [0.15, 0.2) is 63.9 Å². The van der Waals surface area contributed by atoms with Crippen molar-refractivity contribution in [3.05, 3.63) is 87.9 Å². The van der Waals surface area contributed by atoms with Crippen LogP contribution in [0.1, 0.15) is 27.4 Å². The molecule has 3 heterocycles. The first-order valence-corrected chi connectivity index (χ1v) is 10.2. The minimum Gasteiger partial charge on any atom is -0.465 e. The summed E-state index contributed by atoms with van der Waals surface area (Å²) in [4.78, 5) is 38.3. The number of nitrogens with one attached hydrogen (secondary N) is 1. The number of esters is 1. The number of urea groups is 1. The number of hydrogen-bond acceptors (Lipinski definition) is 6. The molecule has 0 aliphatic heterocycles. The topological polar surface area (TPSA) is 111 Å². The van der Waals surface area contributed by atoms with Gasteiger partial charge in [0.05, 0.1) is 20.2 Å². The van der Waals surface area contributed by atoms with Gasteiger partial charge >= 0.3 is 17.7 Å². The molecule has 0 atom stereocenters. The Hall–Kier alpha value is -4.34. The van der Waals surface area contributed by atoms with Crippen LogP contribution in [0.25, 0.3) is 5.65 Å². The average molecular weight is 449 g/mol. The van der Waals surface area contributed by atoms with Crippen molar-refractivity contribution in [3.8, 4) is 0 Å². The molecule has 3 aromatic heterocycles. The number of pyridine rings is 1. The van der Waals surface area contributed by atoms with Crippen molar-refractivity contribution < 1.29 is 18.7 Å². The van der Waals surface area contributed by atoms with Crippen molar-refractivity contribution in [3.63, 3.8) is 0 Å². The van der Waals surface area contributed by atoms with Crippen LogP contribution in [0.3, 0.4) is 0 Å². The quantitative estimate of drug-likeness (QED) is 0.453. The lowest BCUT2D eigenvalue weighted by Gasteiger charge is -2.17. The summed E-state index contributed by atoms with van der Waals surface area (Å²) in [6, 6.07) is 13.8. The number of benzene rings is 1. The Morgan fingerprint density at radius 1 is 1.18 bits per heavy atom. The van der Waals surface area contributed by atoms with Crippen LogP contribution in [0.5, 0.6) is 0 Å². The third kappa shape index (κ3) is 4.64. The number of aromatic nitrogens is 3. The lowest BCUT2D eigenvalue weighted by Crippen LogP contribution is -2.30. The molecule has 10 heteroatoms. The summed E-state index contributed by atoms with van der Waals surface area (Å²) in [7, 11) is 2.92. The van der Waals surface area contributed by atoms with E-state index in [1.807, 2.05) is 12.1 Å². The zero-order valence-corrected chi connectivity index (χ0v) is 18.4. The fourth-order valence-electron chi connectivity index (χ4n) is 3.45. The molecule has 33 heavy (non-hydrogen) atoms. The number of carbonyl (C=O) groups is 2. The lowest BCUT2D eigenvalue weighted by molar-refractivity contribution is 0.0598. The number of anilines is 1. The third-order valence-electron chi connectivity index (χ3n) is 5.11. The van der Waals surface area contributed by atoms with Crippen molar-refractivity contribution in [2.24, 2.45) is 0 Å². The highest BCUT2D eigenvalue weighted by Crippen LogP contribution is 2.18. The van der Waals surface area contributed by atoms with E-state index >= 15 is 0 Å². The van der Waals surface area contributed by atoms with E-state index in [-0.39, 0.29) is 24.8 Å². The maximum atomic E-state index is 12.7. The first kappa shape index (κ1) is 21.9. The van der Waals surface area contributed by atoms with Crippen LogP contribution in [0.2, 0.25) is 0 Å².